The molecule has 100 valence electrons. The molecule has 19 heavy (non-hydrogen) atoms. The smallest absolute Gasteiger partial charge is 0.0485 e. The summed E-state index contributed by atoms with van der Waals surface area (Å²) in [6.07, 6.45) is 3.24. The Labute approximate surface area is 118 Å². The molecule has 0 bridgehead atoms. The molecular weight excluding hydrogens is 252 g/mol. The van der Waals surface area contributed by atoms with E-state index in [-0.39, 0.29) is 0 Å². The predicted molar refractivity (Wildman–Crippen MR) is 82.5 cm³/mol. The predicted octanol–water partition coefficient (Wildman–Crippen LogP) is 3.96. The molecule has 2 heteroatoms. The summed E-state index contributed by atoms with van der Waals surface area (Å²) in [7, 11) is -0.729. The topological polar surface area (TPSA) is 17.1 Å². The minimum absolute atomic E-state index is 0.687. The van der Waals surface area contributed by atoms with Crippen molar-refractivity contribution in [3.63, 3.8) is 0 Å². The van der Waals surface area contributed by atoms with Gasteiger partial charge in [-0.1, -0.05) is 60.7 Å². The molecule has 0 amide bonds. The highest BCUT2D eigenvalue weighted by Gasteiger charge is 2.01. The Kier molecular flexibility index (Phi) is 5.83. The largest absolute Gasteiger partial charge is 0.259 e. The van der Waals surface area contributed by atoms with Crippen molar-refractivity contribution in [3.05, 3.63) is 71.8 Å². The fourth-order valence-corrected chi connectivity index (χ4v) is 3.30. The first-order valence-electron chi connectivity index (χ1n) is 6.77. The molecule has 0 aliphatic carbocycles. The third kappa shape index (κ3) is 5.39. The molecule has 0 radical (unpaired) electrons. The van der Waals surface area contributed by atoms with Crippen LogP contribution in [0.1, 0.15) is 24.0 Å². The summed E-state index contributed by atoms with van der Waals surface area (Å²) in [6, 6.07) is 20.6. The van der Waals surface area contributed by atoms with Gasteiger partial charge >= 0.3 is 0 Å². The van der Waals surface area contributed by atoms with Crippen LogP contribution in [0, 0.1) is 0 Å². The van der Waals surface area contributed by atoms with Gasteiger partial charge in [0.05, 0.1) is 0 Å². The van der Waals surface area contributed by atoms with Crippen molar-refractivity contribution in [2.24, 2.45) is 0 Å². The van der Waals surface area contributed by atoms with Crippen molar-refractivity contribution < 1.29 is 4.21 Å². The second-order valence-electron chi connectivity index (χ2n) is 4.72. The Morgan fingerprint density at radius 1 is 0.737 bits per heavy atom. The van der Waals surface area contributed by atoms with Crippen LogP contribution in [-0.4, -0.2) is 9.96 Å². The summed E-state index contributed by atoms with van der Waals surface area (Å²) in [5, 5.41) is 0. The van der Waals surface area contributed by atoms with Crippen molar-refractivity contribution >= 4 is 10.8 Å². The maximum absolute atomic E-state index is 11.9. The number of rotatable bonds is 7. The Hall–Kier alpha value is -1.41. The van der Waals surface area contributed by atoms with Crippen LogP contribution in [0.4, 0.5) is 0 Å². The monoisotopic (exact) mass is 272 g/mol. The van der Waals surface area contributed by atoms with Crippen molar-refractivity contribution in [1.29, 1.82) is 0 Å². The van der Waals surface area contributed by atoms with E-state index in [1.807, 2.05) is 36.4 Å². The molecule has 0 aliphatic heterocycles. The fraction of sp³-hybridized carbons (Fsp3) is 0.294. The zero-order valence-electron chi connectivity index (χ0n) is 11.1. The Balaban J connectivity index is 1.65. The highest BCUT2D eigenvalue weighted by atomic mass is 32.2. The Bertz CT molecular complexity index is 493. The summed E-state index contributed by atoms with van der Waals surface area (Å²) in [5.41, 5.74) is 2.54. The fourth-order valence-electron chi connectivity index (χ4n) is 2.07. The standard InChI is InChI=1S/C17H20OS/c18-19(15-17-12-5-2-6-13-17)14-8-7-11-16-9-3-1-4-10-16/h1-6,9-10,12-13H,7-8,11,14-15H2. The van der Waals surface area contributed by atoms with Gasteiger partial charge < -0.3 is 0 Å². The van der Waals surface area contributed by atoms with Crippen LogP contribution in [0.15, 0.2) is 60.7 Å². The molecule has 2 rings (SSSR count). The lowest BCUT2D eigenvalue weighted by Crippen LogP contribution is -2.01. The zero-order chi connectivity index (χ0) is 13.3. The van der Waals surface area contributed by atoms with Crippen molar-refractivity contribution in [3.8, 4) is 0 Å². The molecule has 0 fully saturated rings. The SMILES string of the molecule is O=S(CCCCc1ccccc1)Cc1ccccc1. The second kappa shape index (κ2) is 7.90. The maximum atomic E-state index is 11.9. The van der Waals surface area contributed by atoms with Crippen LogP contribution in [-0.2, 0) is 23.0 Å². The molecule has 1 nitrogen and oxygen atoms in total. The zero-order valence-corrected chi connectivity index (χ0v) is 11.9. The van der Waals surface area contributed by atoms with Gasteiger partial charge in [0.2, 0.25) is 0 Å². The number of benzene rings is 2. The minimum Gasteiger partial charge on any atom is -0.259 e. The van der Waals surface area contributed by atoms with Crippen molar-refractivity contribution in [1.82, 2.24) is 0 Å². The second-order valence-corrected chi connectivity index (χ2v) is 6.29. The first-order valence-corrected chi connectivity index (χ1v) is 8.26. The Morgan fingerprint density at radius 2 is 1.32 bits per heavy atom. The van der Waals surface area contributed by atoms with E-state index in [0.29, 0.717) is 5.75 Å². The lowest BCUT2D eigenvalue weighted by atomic mass is 10.1. The van der Waals surface area contributed by atoms with Crippen molar-refractivity contribution in [2.45, 2.75) is 25.0 Å². The number of hydrogen-bond acceptors (Lipinski definition) is 1. The maximum Gasteiger partial charge on any atom is 0.0485 e. The van der Waals surface area contributed by atoms with Gasteiger partial charge in [-0.05, 0) is 30.4 Å². The molecule has 2 aromatic carbocycles. The van der Waals surface area contributed by atoms with Crippen molar-refractivity contribution in [2.75, 3.05) is 5.75 Å². The van der Waals surface area contributed by atoms with E-state index < -0.39 is 10.8 Å². The normalized spacial score (nSPS) is 12.2. The van der Waals surface area contributed by atoms with Gasteiger partial charge in [-0.3, -0.25) is 4.21 Å². The molecular formula is C17H20OS. The molecule has 0 aliphatic rings. The summed E-state index contributed by atoms with van der Waals surface area (Å²) in [4.78, 5) is 0. The molecule has 1 atom stereocenters. The van der Waals surface area contributed by atoms with Gasteiger partial charge in [0.15, 0.2) is 0 Å². The molecule has 0 heterocycles. The van der Waals surface area contributed by atoms with Gasteiger partial charge in [0, 0.05) is 22.3 Å². The first-order chi connectivity index (χ1) is 9.34. The molecule has 0 N–H and O–H groups in total. The van der Waals surface area contributed by atoms with Gasteiger partial charge in [0.25, 0.3) is 0 Å². The lowest BCUT2D eigenvalue weighted by molar-refractivity contribution is 0.677. The average Bonchev–Trinajstić information content (AvgIpc) is 2.46. The quantitative estimate of drug-likeness (QED) is 0.697. The van der Waals surface area contributed by atoms with E-state index in [0.717, 1.165) is 25.0 Å². The lowest BCUT2D eigenvalue weighted by Gasteiger charge is -2.03. The molecule has 2 aromatic rings. The van der Waals surface area contributed by atoms with Gasteiger partial charge in [-0.25, -0.2) is 0 Å². The Morgan fingerprint density at radius 3 is 1.95 bits per heavy atom. The summed E-state index contributed by atoms with van der Waals surface area (Å²) in [6.45, 7) is 0. The summed E-state index contributed by atoms with van der Waals surface area (Å²) < 4.78 is 11.9. The van der Waals surface area contributed by atoms with Crippen LogP contribution < -0.4 is 0 Å². The number of hydrogen-bond donors (Lipinski definition) is 0. The van der Waals surface area contributed by atoms with Gasteiger partial charge in [-0.2, -0.15) is 0 Å². The van der Waals surface area contributed by atoms with Crippen LogP contribution in [0.25, 0.3) is 0 Å². The summed E-state index contributed by atoms with van der Waals surface area (Å²) in [5.74, 6) is 1.49. The molecule has 1 unspecified atom stereocenters. The highest BCUT2D eigenvalue weighted by molar-refractivity contribution is 7.84. The number of unbranched alkanes of at least 4 members (excludes halogenated alkanes) is 1. The molecule has 0 aromatic heterocycles. The third-order valence-corrected chi connectivity index (χ3v) is 4.50. The third-order valence-electron chi connectivity index (χ3n) is 3.10. The highest BCUT2D eigenvalue weighted by Crippen LogP contribution is 2.07. The van der Waals surface area contributed by atoms with Crippen LogP contribution in [0.3, 0.4) is 0 Å². The van der Waals surface area contributed by atoms with Crippen LogP contribution in [0.2, 0.25) is 0 Å². The van der Waals surface area contributed by atoms with E-state index in [4.69, 9.17) is 0 Å². The van der Waals surface area contributed by atoms with E-state index >= 15 is 0 Å². The molecule has 0 saturated carbocycles. The van der Waals surface area contributed by atoms with Crippen LogP contribution in [0.5, 0.6) is 0 Å². The van der Waals surface area contributed by atoms with Crippen LogP contribution >= 0.6 is 0 Å². The molecule has 0 saturated heterocycles. The van der Waals surface area contributed by atoms with E-state index in [9.17, 15) is 4.21 Å². The van der Waals surface area contributed by atoms with Gasteiger partial charge in [0.1, 0.15) is 0 Å². The average molecular weight is 272 g/mol. The minimum atomic E-state index is -0.729. The van der Waals surface area contributed by atoms with E-state index in [2.05, 4.69) is 24.3 Å². The van der Waals surface area contributed by atoms with E-state index in [1.54, 1.807) is 0 Å². The van der Waals surface area contributed by atoms with Gasteiger partial charge in [-0.15, -0.1) is 0 Å². The molecule has 0 spiro atoms. The summed E-state index contributed by atoms with van der Waals surface area (Å²) >= 11 is 0. The number of aryl methyl sites for hydroxylation is 1. The van der Waals surface area contributed by atoms with E-state index in [1.165, 1.54) is 11.1 Å². The first kappa shape index (κ1) is 14.0.